The molecular formula is C16H18ClN3O3. The van der Waals surface area contributed by atoms with Gasteiger partial charge in [-0.1, -0.05) is 17.7 Å². The van der Waals surface area contributed by atoms with Crippen LogP contribution in [0, 0.1) is 0 Å². The fourth-order valence-corrected chi connectivity index (χ4v) is 2.95. The van der Waals surface area contributed by atoms with E-state index < -0.39 is 6.10 Å². The SMILES string of the molecule is CC(O)C(=O)N1CCN(C(=O)c2cc3ccc(Cl)cc3[nH]2)CC1. The molecule has 2 heterocycles. The Kier molecular flexibility index (Phi) is 4.28. The summed E-state index contributed by atoms with van der Waals surface area (Å²) in [6.45, 7) is 3.22. The molecule has 3 rings (SSSR count). The minimum absolute atomic E-state index is 0.0959. The largest absolute Gasteiger partial charge is 0.384 e. The summed E-state index contributed by atoms with van der Waals surface area (Å²) in [7, 11) is 0. The molecule has 1 atom stereocenters. The van der Waals surface area contributed by atoms with E-state index in [2.05, 4.69) is 4.98 Å². The number of nitrogens with zero attached hydrogens (tertiary/aromatic N) is 2. The third kappa shape index (κ3) is 3.18. The van der Waals surface area contributed by atoms with Crippen LogP contribution in [0.25, 0.3) is 10.9 Å². The van der Waals surface area contributed by atoms with E-state index in [4.69, 9.17) is 11.6 Å². The number of aliphatic hydroxyl groups excluding tert-OH is 1. The Hall–Kier alpha value is -2.05. The summed E-state index contributed by atoms with van der Waals surface area (Å²) < 4.78 is 0. The summed E-state index contributed by atoms with van der Waals surface area (Å²) in [5.74, 6) is -0.390. The lowest BCUT2D eigenvalue weighted by atomic mass is 10.2. The van der Waals surface area contributed by atoms with Crippen molar-refractivity contribution in [3.63, 3.8) is 0 Å². The quantitative estimate of drug-likeness (QED) is 0.873. The number of amides is 2. The molecular weight excluding hydrogens is 318 g/mol. The van der Waals surface area contributed by atoms with E-state index in [9.17, 15) is 14.7 Å². The Morgan fingerprint density at radius 2 is 1.83 bits per heavy atom. The van der Waals surface area contributed by atoms with E-state index in [1.165, 1.54) is 6.92 Å². The van der Waals surface area contributed by atoms with Crippen molar-refractivity contribution in [2.45, 2.75) is 13.0 Å². The zero-order chi connectivity index (χ0) is 16.6. The Morgan fingerprint density at radius 1 is 1.17 bits per heavy atom. The van der Waals surface area contributed by atoms with Crippen LogP contribution >= 0.6 is 11.6 Å². The highest BCUT2D eigenvalue weighted by Crippen LogP contribution is 2.21. The topological polar surface area (TPSA) is 76.6 Å². The van der Waals surface area contributed by atoms with Crippen molar-refractivity contribution >= 4 is 34.3 Å². The van der Waals surface area contributed by atoms with Crippen LogP contribution in [0.2, 0.25) is 5.02 Å². The first-order chi connectivity index (χ1) is 11.0. The van der Waals surface area contributed by atoms with E-state index in [1.807, 2.05) is 6.07 Å². The second-order valence-electron chi connectivity index (χ2n) is 5.71. The van der Waals surface area contributed by atoms with Gasteiger partial charge in [-0.05, 0) is 25.1 Å². The molecule has 2 N–H and O–H groups in total. The lowest BCUT2D eigenvalue weighted by molar-refractivity contribution is -0.140. The number of aromatic amines is 1. The normalized spacial score (nSPS) is 16.7. The number of nitrogens with one attached hydrogen (secondary N) is 1. The molecule has 122 valence electrons. The first-order valence-electron chi connectivity index (χ1n) is 7.50. The Labute approximate surface area is 138 Å². The summed E-state index contributed by atoms with van der Waals surface area (Å²) in [4.78, 5) is 30.7. The number of H-pyrrole nitrogens is 1. The zero-order valence-electron chi connectivity index (χ0n) is 12.8. The lowest BCUT2D eigenvalue weighted by Crippen LogP contribution is -2.52. The smallest absolute Gasteiger partial charge is 0.270 e. The molecule has 2 aromatic rings. The molecule has 1 aromatic carbocycles. The third-order valence-corrected chi connectivity index (χ3v) is 4.29. The summed E-state index contributed by atoms with van der Waals surface area (Å²) >= 11 is 5.95. The summed E-state index contributed by atoms with van der Waals surface area (Å²) in [5.41, 5.74) is 1.33. The molecule has 0 saturated carbocycles. The monoisotopic (exact) mass is 335 g/mol. The number of benzene rings is 1. The van der Waals surface area contributed by atoms with Gasteiger partial charge in [-0.15, -0.1) is 0 Å². The molecule has 1 aromatic heterocycles. The van der Waals surface area contributed by atoms with Gasteiger partial charge in [0.1, 0.15) is 11.8 Å². The van der Waals surface area contributed by atoms with Crippen LogP contribution < -0.4 is 0 Å². The van der Waals surface area contributed by atoms with Gasteiger partial charge in [0, 0.05) is 42.1 Å². The van der Waals surface area contributed by atoms with Crippen LogP contribution in [0.4, 0.5) is 0 Å². The van der Waals surface area contributed by atoms with Crippen LogP contribution in [0.15, 0.2) is 24.3 Å². The molecule has 1 unspecified atom stereocenters. The summed E-state index contributed by atoms with van der Waals surface area (Å²) in [6, 6.07) is 7.24. The van der Waals surface area contributed by atoms with Crippen molar-refractivity contribution in [3.8, 4) is 0 Å². The molecule has 1 aliphatic rings. The van der Waals surface area contributed by atoms with Crippen LogP contribution in [-0.2, 0) is 4.79 Å². The number of halogens is 1. The molecule has 1 fully saturated rings. The number of rotatable bonds is 2. The van der Waals surface area contributed by atoms with E-state index in [-0.39, 0.29) is 11.8 Å². The molecule has 0 radical (unpaired) electrons. The molecule has 1 aliphatic heterocycles. The van der Waals surface area contributed by atoms with Crippen molar-refractivity contribution in [1.29, 1.82) is 0 Å². The van der Waals surface area contributed by atoms with Gasteiger partial charge in [-0.3, -0.25) is 9.59 Å². The van der Waals surface area contributed by atoms with E-state index in [0.29, 0.717) is 36.9 Å². The Balaban J connectivity index is 1.70. The van der Waals surface area contributed by atoms with Gasteiger partial charge in [0.15, 0.2) is 0 Å². The molecule has 0 spiro atoms. The van der Waals surface area contributed by atoms with Crippen molar-refractivity contribution in [1.82, 2.24) is 14.8 Å². The third-order valence-electron chi connectivity index (χ3n) is 4.05. The van der Waals surface area contributed by atoms with E-state index >= 15 is 0 Å². The van der Waals surface area contributed by atoms with Gasteiger partial charge in [-0.2, -0.15) is 0 Å². The summed E-state index contributed by atoms with van der Waals surface area (Å²) in [5, 5.41) is 10.9. The zero-order valence-corrected chi connectivity index (χ0v) is 13.5. The molecule has 6 nitrogen and oxygen atoms in total. The molecule has 2 amide bonds. The van der Waals surface area contributed by atoms with E-state index in [1.54, 1.807) is 28.0 Å². The molecule has 7 heteroatoms. The van der Waals surface area contributed by atoms with Gasteiger partial charge in [-0.25, -0.2) is 0 Å². The van der Waals surface area contributed by atoms with Crippen LogP contribution in [0.3, 0.4) is 0 Å². The van der Waals surface area contributed by atoms with Gasteiger partial charge in [0.25, 0.3) is 11.8 Å². The lowest BCUT2D eigenvalue weighted by Gasteiger charge is -2.35. The van der Waals surface area contributed by atoms with E-state index in [0.717, 1.165) is 10.9 Å². The Morgan fingerprint density at radius 3 is 2.48 bits per heavy atom. The molecule has 1 saturated heterocycles. The second kappa shape index (κ2) is 6.22. The minimum atomic E-state index is -1.00. The number of carbonyl (C=O) groups excluding carboxylic acids is 2. The van der Waals surface area contributed by atoms with Crippen molar-refractivity contribution in [2.75, 3.05) is 26.2 Å². The number of aliphatic hydroxyl groups is 1. The van der Waals surface area contributed by atoms with Gasteiger partial charge in [0.05, 0.1) is 0 Å². The predicted molar refractivity (Wildman–Crippen MR) is 87.5 cm³/mol. The Bertz CT molecular complexity index is 748. The van der Waals surface area contributed by atoms with Gasteiger partial charge < -0.3 is 19.9 Å². The molecule has 23 heavy (non-hydrogen) atoms. The van der Waals surface area contributed by atoms with Gasteiger partial charge >= 0.3 is 0 Å². The number of aromatic nitrogens is 1. The highest BCUT2D eigenvalue weighted by molar-refractivity contribution is 6.31. The number of carbonyl (C=O) groups is 2. The first-order valence-corrected chi connectivity index (χ1v) is 7.88. The maximum absolute atomic E-state index is 12.6. The average molecular weight is 336 g/mol. The predicted octanol–water partition coefficient (Wildman–Crippen LogP) is 1.49. The maximum atomic E-state index is 12.6. The summed E-state index contributed by atoms with van der Waals surface area (Å²) in [6.07, 6.45) is -1.00. The van der Waals surface area contributed by atoms with Crippen LogP contribution in [0.5, 0.6) is 0 Å². The molecule has 0 bridgehead atoms. The average Bonchev–Trinajstić information content (AvgIpc) is 2.96. The van der Waals surface area contributed by atoms with Crippen LogP contribution in [0.1, 0.15) is 17.4 Å². The standard InChI is InChI=1S/C16H18ClN3O3/c1-10(21)15(22)19-4-6-20(7-5-19)16(23)14-8-11-2-3-12(17)9-13(11)18-14/h2-3,8-10,18,21H,4-7H2,1H3. The van der Waals surface area contributed by atoms with Crippen molar-refractivity contribution in [3.05, 3.63) is 35.0 Å². The maximum Gasteiger partial charge on any atom is 0.270 e. The van der Waals surface area contributed by atoms with Crippen LogP contribution in [-0.4, -0.2) is 64.0 Å². The number of hydrogen-bond acceptors (Lipinski definition) is 3. The minimum Gasteiger partial charge on any atom is -0.384 e. The number of hydrogen-bond donors (Lipinski definition) is 2. The van der Waals surface area contributed by atoms with Crippen molar-refractivity contribution < 1.29 is 14.7 Å². The number of fused-ring (bicyclic) bond motifs is 1. The highest BCUT2D eigenvalue weighted by atomic mass is 35.5. The fourth-order valence-electron chi connectivity index (χ4n) is 2.78. The fraction of sp³-hybridized carbons (Fsp3) is 0.375. The molecule has 0 aliphatic carbocycles. The number of piperazine rings is 1. The van der Waals surface area contributed by atoms with Crippen molar-refractivity contribution in [2.24, 2.45) is 0 Å². The van der Waals surface area contributed by atoms with Gasteiger partial charge in [0.2, 0.25) is 0 Å². The first kappa shape index (κ1) is 15.8. The highest BCUT2D eigenvalue weighted by Gasteiger charge is 2.27. The second-order valence-corrected chi connectivity index (χ2v) is 6.14.